The third kappa shape index (κ3) is 3.89. The standard InChI is InChI=1S/C11H21NO3/c1-8-4-5-12-9(6-8)7-10(13)11(14-2)15-3/h8-9,11-12H,4-7H2,1-3H3. The molecular formula is C11H21NO3. The van der Waals surface area contributed by atoms with Crippen LogP contribution < -0.4 is 5.32 Å². The molecule has 4 heteroatoms. The van der Waals surface area contributed by atoms with E-state index >= 15 is 0 Å². The lowest BCUT2D eigenvalue weighted by Crippen LogP contribution is -2.41. The van der Waals surface area contributed by atoms with E-state index in [0.29, 0.717) is 12.3 Å². The van der Waals surface area contributed by atoms with Crippen molar-refractivity contribution in [3.63, 3.8) is 0 Å². The van der Waals surface area contributed by atoms with Crippen LogP contribution in [-0.4, -0.2) is 38.9 Å². The van der Waals surface area contributed by atoms with Gasteiger partial charge >= 0.3 is 0 Å². The van der Waals surface area contributed by atoms with Gasteiger partial charge < -0.3 is 14.8 Å². The van der Waals surface area contributed by atoms with Gasteiger partial charge in [-0.3, -0.25) is 4.79 Å². The maximum absolute atomic E-state index is 11.7. The Kier molecular flexibility index (Phi) is 5.22. The second kappa shape index (κ2) is 6.20. The molecule has 0 saturated carbocycles. The Labute approximate surface area is 91.3 Å². The SMILES string of the molecule is COC(OC)C(=O)CC1CC(C)CCN1. The van der Waals surface area contributed by atoms with Gasteiger partial charge in [0.2, 0.25) is 6.29 Å². The van der Waals surface area contributed by atoms with Crippen LogP contribution in [0.2, 0.25) is 0 Å². The van der Waals surface area contributed by atoms with E-state index in [0.717, 1.165) is 13.0 Å². The van der Waals surface area contributed by atoms with E-state index in [-0.39, 0.29) is 11.8 Å². The fourth-order valence-electron chi connectivity index (χ4n) is 2.07. The highest BCUT2D eigenvalue weighted by atomic mass is 16.7. The molecule has 1 N–H and O–H groups in total. The van der Waals surface area contributed by atoms with Gasteiger partial charge in [0.25, 0.3) is 0 Å². The maximum Gasteiger partial charge on any atom is 0.217 e. The first-order chi connectivity index (χ1) is 7.17. The topological polar surface area (TPSA) is 47.6 Å². The minimum absolute atomic E-state index is 0.0200. The van der Waals surface area contributed by atoms with Crippen LogP contribution in [0, 0.1) is 5.92 Å². The van der Waals surface area contributed by atoms with Crippen molar-refractivity contribution in [2.45, 2.75) is 38.5 Å². The Morgan fingerprint density at radius 2 is 2.13 bits per heavy atom. The molecule has 88 valence electrons. The predicted octanol–water partition coefficient (Wildman–Crippen LogP) is 0.953. The van der Waals surface area contributed by atoms with Crippen LogP contribution in [-0.2, 0) is 14.3 Å². The van der Waals surface area contributed by atoms with Crippen molar-refractivity contribution in [1.29, 1.82) is 0 Å². The van der Waals surface area contributed by atoms with Crippen LogP contribution in [0.4, 0.5) is 0 Å². The summed E-state index contributed by atoms with van der Waals surface area (Å²) in [4.78, 5) is 11.7. The van der Waals surface area contributed by atoms with E-state index in [1.807, 2.05) is 0 Å². The molecule has 0 aromatic carbocycles. The molecular weight excluding hydrogens is 194 g/mol. The number of carbonyl (C=O) groups is 1. The van der Waals surface area contributed by atoms with E-state index in [1.165, 1.54) is 20.6 Å². The third-order valence-corrected chi connectivity index (χ3v) is 2.90. The molecule has 0 radical (unpaired) electrons. The van der Waals surface area contributed by atoms with E-state index in [1.54, 1.807) is 0 Å². The average Bonchev–Trinajstić information content (AvgIpc) is 2.19. The highest BCUT2D eigenvalue weighted by Gasteiger charge is 2.24. The normalized spacial score (nSPS) is 26.9. The molecule has 0 aliphatic carbocycles. The van der Waals surface area contributed by atoms with Gasteiger partial charge in [0, 0.05) is 26.7 Å². The van der Waals surface area contributed by atoms with Crippen molar-refractivity contribution < 1.29 is 14.3 Å². The molecule has 1 heterocycles. The molecule has 1 saturated heterocycles. The van der Waals surface area contributed by atoms with Gasteiger partial charge in [0.05, 0.1) is 0 Å². The zero-order valence-electron chi connectivity index (χ0n) is 9.79. The smallest absolute Gasteiger partial charge is 0.217 e. The first-order valence-electron chi connectivity index (χ1n) is 5.49. The van der Waals surface area contributed by atoms with Gasteiger partial charge in [-0.25, -0.2) is 0 Å². The summed E-state index contributed by atoms with van der Waals surface area (Å²) in [6, 6.07) is 0.286. The van der Waals surface area contributed by atoms with Crippen molar-refractivity contribution in [3.05, 3.63) is 0 Å². The molecule has 0 aromatic rings. The zero-order valence-corrected chi connectivity index (χ0v) is 9.79. The Balaban J connectivity index is 2.36. The lowest BCUT2D eigenvalue weighted by atomic mass is 9.91. The van der Waals surface area contributed by atoms with Gasteiger partial charge in [-0.15, -0.1) is 0 Å². The molecule has 15 heavy (non-hydrogen) atoms. The molecule has 2 unspecified atom stereocenters. The summed E-state index contributed by atoms with van der Waals surface area (Å²) in [5.74, 6) is 0.721. The van der Waals surface area contributed by atoms with E-state index in [4.69, 9.17) is 9.47 Å². The third-order valence-electron chi connectivity index (χ3n) is 2.90. The highest BCUT2D eigenvalue weighted by Crippen LogP contribution is 2.18. The van der Waals surface area contributed by atoms with Gasteiger partial charge in [-0.2, -0.15) is 0 Å². The summed E-state index contributed by atoms with van der Waals surface area (Å²) in [5, 5.41) is 3.35. The number of hydrogen-bond acceptors (Lipinski definition) is 4. The minimum atomic E-state index is -0.705. The van der Waals surface area contributed by atoms with Crippen LogP contribution in [0.25, 0.3) is 0 Å². The Hall–Kier alpha value is -0.450. The highest BCUT2D eigenvalue weighted by molar-refractivity contribution is 5.82. The predicted molar refractivity (Wildman–Crippen MR) is 57.6 cm³/mol. The number of nitrogens with one attached hydrogen (secondary N) is 1. The van der Waals surface area contributed by atoms with Crippen LogP contribution in [0.3, 0.4) is 0 Å². The number of hydrogen-bond donors (Lipinski definition) is 1. The molecule has 1 rings (SSSR count). The number of Topliss-reactive ketones (excluding diaryl/α,β-unsaturated/α-hetero) is 1. The number of ether oxygens (including phenoxy) is 2. The van der Waals surface area contributed by atoms with E-state index in [9.17, 15) is 4.79 Å². The maximum atomic E-state index is 11.7. The molecule has 1 aliphatic heterocycles. The van der Waals surface area contributed by atoms with Crippen LogP contribution in [0.5, 0.6) is 0 Å². The van der Waals surface area contributed by atoms with E-state index < -0.39 is 6.29 Å². The van der Waals surface area contributed by atoms with Gasteiger partial charge in [0.15, 0.2) is 5.78 Å². The quantitative estimate of drug-likeness (QED) is 0.694. The lowest BCUT2D eigenvalue weighted by molar-refractivity contribution is -0.157. The first-order valence-corrected chi connectivity index (χ1v) is 5.49. The number of piperidine rings is 1. The Morgan fingerprint density at radius 1 is 1.47 bits per heavy atom. The summed E-state index contributed by atoms with van der Waals surface area (Å²) < 4.78 is 9.86. The van der Waals surface area contributed by atoms with Gasteiger partial charge in [-0.05, 0) is 25.3 Å². The summed E-state index contributed by atoms with van der Waals surface area (Å²) in [5.41, 5.74) is 0. The molecule has 0 amide bonds. The molecule has 1 fully saturated rings. The largest absolute Gasteiger partial charge is 0.349 e. The van der Waals surface area contributed by atoms with E-state index in [2.05, 4.69) is 12.2 Å². The van der Waals surface area contributed by atoms with Crippen molar-refractivity contribution in [2.75, 3.05) is 20.8 Å². The Bertz CT molecular complexity index is 204. The fourth-order valence-corrected chi connectivity index (χ4v) is 2.07. The van der Waals surface area contributed by atoms with Crippen LogP contribution in [0.15, 0.2) is 0 Å². The molecule has 2 atom stereocenters. The molecule has 1 aliphatic rings. The monoisotopic (exact) mass is 215 g/mol. The zero-order chi connectivity index (χ0) is 11.3. The second-order valence-corrected chi connectivity index (χ2v) is 4.25. The first kappa shape index (κ1) is 12.6. The average molecular weight is 215 g/mol. The summed E-state index contributed by atoms with van der Waals surface area (Å²) in [7, 11) is 2.98. The number of methoxy groups -OCH3 is 2. The number of carbonyl (C=O) groups excluding carboxylic acids is 1. The summed E-state index contributed by atoms with van der Waals surface area (Å²) >= 11 is 0. The van der Waals surface area contributed by atoms with Crippen molar-refractivity contribution in [2.24, 2.45) is 5.92 Å². The summed E-state index contributed by atoms with van der Waals surface area (Å²) in [6.07, 6.45) is 2.05. The number of rotatable bonds is 5. The van der Waals surface area contributed by atoms with Crippen molar-refractivity contribution >= 4 is 5.78 Å². The minimum Gasteiger partial charge on any atom is -0.349 e. The van der Waals surface area contributed by atoms with Crippen LogP contribution >= 0.6 is 0 Å². The number of ketones is 1. The fraction of sp³-hybridized carbons (Fsp3) is 0.909. The van der Waals surface area contributed by atoms with Crippen molar-refractivity contribution in [1.82, 2.24) is 5.32 Å². The van der Waals surface area contributed by atoms with Gasteiger partial charge in [-0.1, -0.05) is 6.92 Å². The molecule has 4 nitrogen and oxygen atoms in total. The van der Waals surface area contributed by atoms with Gasteiger partial charge in [0.1, 0.15) is 0 Å². The molecule has 0 spiro atoms. The van der Waals surface area contributed by atoms with Crippen molar-refractivity contribution in [3.8, 4) is 0 Å². The molecule has 0 aromatic heterocycles. The Morgan fingerprint density at radius 3 is 2.67 bits per heavy atom. The second-order valence-electron chi connectivity index (χ2n) is 4.25. The van der Waals surface area contributed by atoms with Crippen LogP contribution in [0.1, 0.15) is 26.2 Å². The molecule has 0 bridgehead atoms. The summed E-state index contributed by atoms with van der Waals surface area (Å²) in [6.45, 7) is 3.23. The lowest BCUT2D eigenvalue weighted by Gasteiger charge is -2.28.